The molecule has 0 radical (unpaired) electrons. The Morgan fingerprint density at radius 3 is 2.32 bits per heavy atom. The van der Waals surface area contributed by atoms with Crippen molar-refractivity contribution in [1.29, 1.82) is 0 Å². The number of benzene rings is 2. The molecule has 0 saturated carbocycles. The highest BCUT2D eigenvalue weighted by Gasteiger charge is 2.06. The summed E-state index contributed by atoms with van der Waals surface area (Å²) in [4.78, 5) is 11.0. The van der Waals surface area contributed by atoms with Gasteiger partial charge >= 0.3 is 0 Å². The van der Waals surface area contributed by atoms with Crippen molar-refractivity contribution in [2.75, 3.05) is 0 Å². The fourth-order valence-electron chi connectivity index (χ4n) is 2.00. The quantitative estimate of drug-likeness (QED) is 0.738. The average molecular weight is 254 g/mol. The molecule has 2 heteroatoms. The smallest absolute Gasteiger partial charge is 0.152 e. The Morgan fingerprint density at radius 1 is 1.05 bits per heavy atom. The van der Waals surface area contributed by atoms with Gasteiger partial charge in [-0.2, -0.15) is 0 Å². The highest BCUT2D eigenvalue weighted by atomic mass is 19.1. The zero-order chi connectivity index (χ0) is 13.8. The van der Waals surface area contributed by atoms with Crippen LogP contribution in [0, 0.1) is 5.82 Å². The van der Waals surface area contributed by atoms with Gasteiger partial charge in [-0.05, 0) is 42.7 Å². The molecule has 0 spiro atoms. The van der Waals surface area contributed by atoms with Gasteiger partial charge in [-0.3, -0.25) is 4.79 Å². The van der Waals surface area contributed by atoms with E-state index >= 15 is 0 Å². The van der Waals surface area contributed by atoms with Crippen LogP contribution in [0.4, 0.5) is 4.39 Å². The van der Waals surface area contributed by atoms with E-state index in [4.69, 9.17) is 0 Å². The van der Waals surface area contributed by atoms with E-state index in [1.165, 1.54) is 19.1 Å². The molecule has 0 fully saturated rings. The third kappa shape index (κ3) is 3.16. The number of allylic oxidation sites excluding steroid dienone is 2. The highest BCUT2D eigenvalue weighted by molar-refractivity contribution is 5.94. The van der Waals surface area contributed by atoms with Crippen molar-refractivity contribution in [3.8, 4) is 11.1 Å². The Hall–Kier alpha value is -2.22. The molecule has 1 nitrogen and oxygen atoms in total. The van der Waals surface area contributed by atoms with Crippen LogP contribution < -0.4 is 0 Å². The second-order valence-electron chi connectivity index (χ2n) is 4.50. The van der Waals surface area contributed by atoms with Crippen molar-refractivity contribution in [2.24, 2.45) is 0 Å². The molecule has 0 aromatic heterocycles. The molecular formula is C17H15FO. The van der Waals surface area contributed by atoms with Gasteiger partial charge in [-0.25, -0.2) is 4.39 Å². The predicted molar refractivity (Wildman–Crippen MR) is 76.2 cm³/mol. The largest absolute Gasteiger partial charge is 0.295 e. The van der Waals surface area contributed by atoms with Crippen LogP contribution in [-0.4, -0.2) is 5.78 Å². The second kappa shape index (κ2) is 5.61. The lowest BCUT2D eigenvalue weighted by Crippen LogP contribution is -1.90. The molecule has 96 valence electrons. The molecule has 0 N–H and O–H groups in total. The van der Waals surface area contributed by atoms with Gasteiger partial charge in [0.05, 0.1) is 0 Å². The van der Waals surface area contributed by atoms with Crippen molar-refractivity contribution in [1.82, 2.24) is 0 Å². The first-order valence-electron chi connectivity index (χ1n) is 6.12. The molecule has 0 unspecified atom stereocenters. The lowest BCUT2D eigenvalue weighted by molar-refractivity contribution is -0.112. The topological polar surface area (TPSA) is 17.1 Å². The van der Waals surface area contributed by atoms with Gasteiger partial charge in [-0.1, -0.05) is 42.5 Å². The van der Waals surface area contributed by atoms with E-state index < -0.39 is 0 Å². The summed E-state index contributed by atoms with van der Waals surface area (Å²) in [7, 11) is 0. The highest BCUT2D eigenvalue weighted by Crippen LogP contribution is 2.25. The Labute approximate surface area is 112 Å². The normalized spacial score (nSPS) is 11.4. The molecular weight excluding hydrogens is 239 g/mol. The molecule has 0 amide bonds. The van der Waals surface area contributed by atoms with Crippen molar-refractivity contribution in [3.63, 3.8) is 0 Å². The average Bonchev–Trinajstić information content (AvgIpc) is 2.38. The monoisotopic (exact) mass is 254 g/mol. The van der Waals surface area contributed by atoms with Crippen LogP contribution in [0.2, 0.25) is 0 Å². The number of ketones is 1. The number of halogens is 1. The summed E-state index contributed by atoms with van der Waals surface area (Å²) in [6.45, 7) is 3.29. The van der Waals surface area contributed by atoms with E-state index in [1.54, 1.807) is 13.0 Å². The first kappa shape index (κ1) is 13.2. The van der Waals surface area contributed by atoms with E-state index in [2.05, 4.69) is 0 Å². The van der Waals surface area contributed by atoms with Crippen molar-refractivity contribution >= 4 is 11.4 Å². The molecule has 0 atom stereocenters. The van der Waals surface area contributed by atoms with Crippen LogP contribution in [0.1, 0.15) is 19.4 Å². The van der Waals surface area contributed by atoms with E-state index in [1.807, 2.05) is 36.4 Å². The van der Waals surface area contributed by atoms with Crippen molar-refractivity contribution in [2.45, 2.75) is 13.8 Å². The van der Waals surface area contributed by atoms with E-state index in [0.717, 1.165) is 16.7 Å². The van der Waals surface area contributed by atoms with Crippen LogP contribution in [0.25, 0.3) is 16.7 Å². The molecule has 19 heavy (non-hydrogen) atoms. The SMILES string of the molecule is CC(=O)/C=C(/C)c1ccc(-c2ccccc2)c(F)c1. The lowest BCUT2D eigenvalue weighted by atomic mass is 10.00. The van der Waals surface area contributed by atoms with Gasteiger partial charge in [0.2, 0.25) is 0 Å². The molecule has 0 aliphatic heterocycles. The Balaban J connectivity index is 2.41. The molecule has 0 aliphatic carbocycles. The molecule has 0 heterocycles. The summed E-state index contributed by atoms with van der Waals surface area (Å²) in [5.74, 6) is -0.315. The van der Waals surface area contributed by atoms with Gasteiger partial charge in [0.1, 0.15) is 5.82 Å². The first-order chi connectivity index (χ1) is 9.08. The second-order valence-corrected chi connectivity index (χ2v) is 4.50. The fourth-order valence-corrected chi connectivity index (χ4v) is 2.00. The van der Waals surface area contributed by atoms with Crippen LogP contribution in [-0.2, 0) is 4.79 Å². The third-order valence-corrected chi connectivity index (χ3v) is 2.93. The summed E-state index contributed by atoms with van der Waals surface area (Å²) < 4.78 is 14.1. The molecule has 2 rings (SSSR count). The Bertz CT molecular complexity index is 627. The summed E-state index contributed by atoms with van der Waals surface area (Å²) in [5.41, 5.74) is 2.91. The van der Waals surface area contributed by atoms with E-state index in [9.17, 15) is 9.18 Å². The molecule has 0 aliphatic rings. The van der Waals surface area contributed by atoms with Crippen LogP contribution >= 0.6 is 0 Å². The number of hydrogen-bond acceptors (Lipinski definition) is 1. The van der Waals surface area contributed by atoms with Gasteiger partial charge in [0, 0.05) is 5.56 Å². The fraction of sp³-hybridized carbons (Fsp3) is 0.118. The maximum absolute atomic E-state index is 14.1. The zero-order valence-electron chi connectivity index (χ0n) is 11.0. The molecule has 0 bridgehead atoms. The maximum Gasteiger partial charge on any atom is 0.152 e. The zero-order valence-corrected chi connectivity index (χ0v) is 11.0. The van der Waals surface area contributed by atoms with Crippen LogP contribution in [0.15, 0.2) is 54.6 Å². The molecule has 2 aromatic carbocycles. The Morgan fingerprint density at radius 2 is 1.74 bits per heavy atom. The van der Waals surface area contributed by atoms with Gasteiger partial charge < -0.3 is 0 Å². The third-order valence-electron chi connectivity index (χ3n) is 2.93. The standard InChI is InChI=1S/C17H15FO/c1-12(10-13(2)19)15-8-9-16(17(18)11-15)14-6-4-3-5-7-14/h3-11H,1-2H3/b12-10-. The van der Waals surface area contributed by atoms with Crippen LogP contribution in [0.3, 0.4) is 0 Å². The van der Waals surface area contributed by atoms with Crippen molar-refractivity contribution in [3.05, 3.63) is 66.0 Å². The summed E-state index contributed by atoms with van der Waals surface area (Å²) >= 11 is 0. The number of hydrogen-bond donors (Lipinski definition) is 0. The van der Waals surface area contributed by atoms with Gasteiger partial charge in [0.15, 0.2) is 5.78 Å². The summed E-state index contributed by atoms with van der Waals surface area (Å²) in [6.07, 6.45) is 1.51. The van der Waals surface area contributed by atoms with E-state index in [-0.39, 0.29) is 11.6 Å². The predicted octanol–water partition coefficient (Wildman–Crippen LogP) is 4.49. The molecule has 0 saturated heterocycles. The Kier molecular flexibility index (Phi) is 3.91. The number of carbonyl (C=O) groups excluding carboxylic acids is 1. The van der Waals surface area contributed by atoms with Crippen LogP contribution in [0.5, 0.6) is 0 Å². The van der Waals surface area contributed by atoms with Gasteiger partial charge in [-0.15, -0.1) is 0 Å². The lowest BCUT2D eigenvalue weighted by Gasteiger charge is -2.06. The summed E-state index contributed by atoms with van der Waals surface area (Å²) in [6, 6.07) is 14.4. The number of carbonyl (C=O) groups is 1. The van der Waals surface area contributed by atoms with E-state index in [0.29, 0.717) is 5.56 Å². The maximum atomic E-state index is 14.1. The number of rotatable bonds is 3. The van der Waals surface area contributed by atoms with Crippen molar-refractivity contribution < 1.29 is 9.18 Å². The minimum atomic E-state index is -0.278. The van der Waals surface area contributed by atoms with Gasteiger partial charge in [0.25, 0.3) is 0 Å². The minimum Gasteiger partial charge on any atom is -0.295 e. The first-order valence-corrected chi connectivity index (χ1v) is 6.12. The minimum absolute atomic E-state index is 0.0370. The molecule has 2 aromatic rings. The summed E-state index contributed by atoms with van der Waals surface area (Å²) in [5, 5.41) is 0.